The summed E-state index contributed by atoms with van der Waals surface area (Å²) >= 11 is 3.65. The standard InChI is InChI=1S/C12H12BrN3/c13-11-10-8-14-6-7-16(10)15-12(11)9-4-2-1-3-5-9/h1-5,14H,6-8H2. The molecule has 0 aliphatic carbocycles. The second-order valence-electron chi connectivity index (χ2n) is 3.88. The molecule has 3 rings (SSSR count). The maximum atomic E-state index is 4.65. The molecule has 16 heavy (non-hydrogen) atoms. The highest BCUT2D eigenvalue weighted by Gasteiger charge is 2.18. The first-order valence-electron chi connectivity index (χ1n) is 5.37. The second kappa shape index (κ2) is 4.03. The molecule has 3 nitrogen and oxygen atoms in total. The van der Waals surface area contributed by atoms with Crippen molar-refractivity contribution in [3.8, 4) is 11.3 Å². The van der Waals surface area contributed by atoms with Crippen molar-refractivity contribution >= 4 is 15.9 Å². The van der Waals surface area contributed by atoms with Crippen molar-refractivity contribution in [1.82, 2.24) is 15.1 Å². The molecular formula is C12H12BrN3. The van der Waals surface area contributed by atoms with E-state index in [-0.39, 0.29) is 0 Å². The molecule has 1 aromatic heterocycles. The summed E-state index contributed by atoms with van der Waals surface area (Å²) in [5.41, 5.74) is 3.45. The molecule has 2 heterocycles. The lowest BCUT2D eigenvalue weighted by Gasteiger charge is -2.14. The predicted molar refractivity (Wildman–Crippen MR) is 67.1 cm³/mol. The Hall–Kier alpha value is -1.13. The smallest absolute Gasteiger partial charge is 0.107 e. The van der Waals surface area contributed by atoms with Crippen molar-refractivity contribution in [1.29, 1.82) is 0 Å². The maximum absolute atomic E-state index is 4.65. The molecule has 1 N–H and O–H groups in total. The van der Waals surface area contributed by atoms with Crippen molar-refractivity contribution in [3.63, 3.8) is 0 Å². The first-order valence-corrected chi connectivity index (χ1v) is 6.17. The quantitative estimate of drug-likeness (QED) is 0.868. The number of nitrogens with one attached hydrogen (secondary N) is 1. The summed E-state index contributed by atoms with van der Waals surface area (Å²) in [6, 6.07) is 10.3. The molecule has 0 amide bonds. The minimum atomic E-state index is 0.889. The van der Waals surface area contributed by atoms with Gasteiger partial charge in [0.1, 0.15) is 5.69 Å². The van der Waals surface area contributed by atoms with Gasteiger partial charge in [-0.25, -0.2) is 0 Å². The molecule has 0 saturated heterocycles. The molecule has 1 aliphatic heterocycles. The fourth-order valence-corrected chi connectivity index (χ4v) is 2.65. The fraction of sp³-hybridized carbons (Fsp3) is 0.250. The van der Waals surface area contributed by atoms with Crippen molar-refractivity contribution in [3.05, 3.63) is 40.5 Å². The van der Waals surface area contributed by atoms with Crippen LogP contribution < -0.4 is 5.32 Å². The lowest BCUT2D eigenvalue weighted by Crippen LogP contribution is -2.28. The highest BCUT2D eigenvalue weighted by atomic mass is 79.9. The third kappa shape index (κ3) is 1.58. The lowest BCUT2D eigenvalue weighted by molar-refractivity contribution is 0.475. The molecule has 0 atom stereocenters. The van der Waals surface area contributed by atoms with Crippen LogP contribution in [-0.2, 0) is 13.1 Å². The summed E-state index contributed by atoms with van der Waals surface area (Å²) in [6.45, 7) is 2.83. The minimum Gasteiger partial charge on any atom is -0.309 e. The zero-order valence-electron chi connectivity index (χ0n) is 8.78. The third-order valence-electron chi connectivity index (χ3n) is 2.83. The van der Waals surface area contributed by atoms with Crippen LogP contribution >= 0.6 is 15.9 Å². The van der Waals surface area contributed by atoms with E-state index in [1.54, 1.807) is 0 Å². The van der Waals surface area contributed by atoms with Gasteiger partial charge in [-0.1, -0.05) is 30.3 Å². The fourth-order valence-electron chi connectivity index (χ4n) is 2.00. The zero-order valence-corrected chi connectivity index (χ0v) is 10.4. The number of fused-ring (bicyclic) bond motifs is 1. The van der Waals surface area contributed by atoms with E-state index in [1.807, 2.05) is 18.2 Å². The summed E-state index contributed by atoms with van der Waals surface area (Å²) < 4.78 is 3.20. The van der Waals surface area contributed by atoms with Crippen LogP contribution in [0.2, 0.25) is 0 Å². The van der Waals surface area contributed by atoms with Gasteiger partial charge in [0.2, 0.25) is 0 Å². The van der Waals surface area contributed by atoms with Crippen LogP contribution in [0.4, 0.5) is 0 Å². The number of hydrogen-bond acceptors (Lipinski definition) is 2. The molecule has 0 fully saturated rings. The van der Waals surface area contributed by atoms with E-state index < -0.39 is 0 Å². The van der Waals surface area contributed by atoms with Gasteiger partial charge in [0.15, 0.2) is 0 Å². The molecule has 1 aromatic carbocycles. The first-order chi connectivity index (χ1) is 7.86. The number of halogens is 1. The van der Waals surface area contributed by atoms with E-state index >= 15 is 0 Å². The van der Waals surface area contributed by atoms with Crippen LogP contribution in [-0.4, -0.2) is 16.3 Å². The highest BCUT2D eigenvalue weighted by molar-refractivity contribution is 9.10. The molecule has 4 heteroatoms. The summed E-state index contributed by atoms with van der Waals surface area (Å²) in [5, 5.41) is 8.01. The van der Waals surface area contributed by atoms with E-state index in [1.165, 1.54) is 5.69 Å². The van der Waals surface area contributed by atoms with Crippen molar-refractivity contribution in [2.24, 2.45) is 0 Å². The van der Waals surface area contributed by atoms with Crippen molar-refractivity contribution in [2.75, 3.05) is 6.54 Å². The molecule has 0 saturated carbocycles. The van der Waals surface area contributed by atoms with E-state index in [2.05, 4.69) is 43.2 Å². The summed E-state index contributed by atoms with van der Waals surface area (Å²) in [7, 11) is 0. The van der Waals surface area contributed by atoms with Crippen molar-refractivity contribution in [2.45, 2.75) is 13.1 Å². The monoisotopic (exact) mass is 277 g/mol. The van der Waals surface area contributed by atoms with Gasteiger partial charge >= 0.3 is 0 Å². The van der Waals surface area contributed by atoms with E-state index in [0.717, 1.165) is 35.4 Å². The van der Waals surface area contributed by atoms with Gasteiger partial charge < -0.3 is 5.32 Å². The molecule has 0 radical (unpaired) electrons. The average molecular weight is 278 g/mol. The van der Waals surface area contributed by atoms with Gasteiger partial charge in [-0.15, -0.1) is 0 Å². The van der Waals surface area contributed by atoms with Crippen LogP contribution in [0.5, 0.6) is 0 Å². The summed E-state index contributed by atoms with van der Waals surface area (Å²) in [6.07, 6.45) is 0. The molecule has 0 unspecified atom stereocenters. The van der Waals surface area contributed by atoms with E-state index in [9.17, 15) is 0 Å². The third-order valence-corrected chi connectivity index (χ3v) is 3.67. The summed E-state index contributed by atoms with van der Waals surface area (Å²) in [4.78, 5) is 0. The van der Waals surface area contributed by atoms with Crippen LogP contribution in [0, 0.1) is 0 Å². The molecule has 0 bridgehead atoms. The van der Waals surface area contributed by atoms with Crippen LogP contribution in [0.25, 0.3) is 11.3 Å². The number of aromatic nitrogens is 2. The maximum Gasteiger partial charge on any atom is 0.107 e. The number of nitrogens with zero attached hydrogens (tertiary/aromatic N) is 2. The lowest BCUT2D eigenvalue weighted by atomic mass is 10.1. The van der Waals surface area contributed by atoms with E-state index in [0.29, 0.717) is 0 Å². The van der Waals surface area contributed by atoms with Crippen molar-refractivity contribution < 1.29 is 0 Å². The number of rotatable bonds is 1. The average Bonchev–Trinajstić information content (AvgIpc) is 2.69. The van der Waals surface area contributed by atoms with Gasteiger partial charge in [-0.05, 0) is 15.9 Å². The Bertz CT molecular complexity index is 504. The number of benzene rings is 1. The van der Waals surface area contributed by atoms with Gasteiger partial charge in [0, 0.05) is 18.7 Å². The van der Waals surface area contributed by atoms with Gasteiger partial charge in [-0.3, -0.25) is 4.68 Å². The number of hydrogen-bond donors (Lipinski definition) is 1. The SMILES string of the molecule is Brc1c(-c2ccccc2)nn2c1CNCC2. The predicted octanol–water partition coefficient (Wildman–Crippen LogP) is 2.42. The Labute approximate surface area is 103 Å². The van der Waals surface area contributed by atoms with Crippen LogP contribution in [0.3, 0.4) is 0 Å². The van der Waals surface area contributed by atoms with Gasteiger partial charge in [0.05, 0.1) is 16.7 Å². The Kier molecular flexibility index (Phi) is 2.53. The zero-order chi connectivity index (χ0) is 11.0. The highest BCUT2D eigenvalue weighted by Crippen LogP contribution is 2.30. The van der Waals surface area contributed by atoms with Gasteiger partial charge in [0.25, 0.3) is 0 Å². The largest absolute Gasteiger partial charge is 0.309 e. The summed E-state index contributed by atoms with van der Waals surface area (Å²) in [5.74, 6) is 0. The van der Waals surface area contributed by atoms with Crippen LogP contribution in [0.15, 0.2) is 34.8 Å². The normalized spacial score (nSPS) is 14.8. The first kappa shape index (κ1) is 10.1. The van der Waals surface area contributed by atoms with Gasteiger partial charge in [-0.2, -0.15) is 5.10 Å². The topological polar surface area (TPSA) is 29.9 Å². The Balaban J connectivity index is 2.12. The molecule has 0 spiro atoms. The molecule has 2 aromatic rings. The molecular weight excluding hydrogens is 266 g/mol. The molecule has 1 aliphatic rings. The Morgan fingerprint density at radius 2 is 2.06 bits per heavy atom. The second-order valence-corrected chi connectivity index (χ2v) is 4.67. The molecule has 82 valence electrons. The van der Waals surface area contributed by atoms with E-state index in [4.69, 9.17) is 0 Å². The Morgan fingerprint density at radius 1 is 1.25 bits per heavy atom. The Morgan fingerprint density at radius 3 is 2.81 bits per heavy atom. The minimum absolute atomic E-state index is 0.889. The van der Waals surface area contributed by atoms with Crippen LogP contribution in [0.1, 0.15) is 5.69 Å².